The van der Waals surface area contributed by atoms with Crippen molar-refractivity contribution in [1.82, 2.24) is 15.1 Å². The van der Waals surface area contributed by atoms with E-state index in [1.165, 1.54) is 4.90 Å². The maximum Gasteiger partial charge on any atom is 0.325 e. The monoisotopic (exact) mass is 447 g/mol. The first kappa shape index (κ1) is 18.2. The minimum absolute atomic E-state index is 0.252. The second-order valence-electron chi connectivity index (χ2n) is 6.84. The average molecular weight is 448 g/mol. The van der Waals surface area contributed by atoms with Crippen LogP contribution in [0.1, 0.15) is 22.4 Å². The van der Waals surface area contributed by atoms with Crippen molar-refractivity contribution >= 4 is 45.1 Å². The Morgan fingerprint density at radius 3 is 2.81 bits per heavy atom. The van der Waals surface area contributed by atoms with Crippen LogP contribution in [0, 0.1) is 0 Å². The third-order valence-electron chi connectivity index (χ3n) is 5.16. The molecule has 140 valence electrons. The molecule has 4 rings (SSSR count). The van der Waals surface area contributed by atoms with Gasteiger partial charge in [-0.3, -0.25) is 14.5 Å². The first-order chi connectivity index (χ1) is 12.9. The fourth-order valence-electron chi connectivity index (χ4n) is 3.75. The molecule has 1 aliphatic carbocycles. The maximum atomic E-state index is 13.1. The molecule has 2 heterocycles. The van der Waals surface area contributed by atoms with E-state index in [4.69, 9.17) is 0 Å². The molecule has 1 N–H and O–H groups in total. The van der Waals surface area contributed by atoms with Crippen LogP contribution in [0.4, 0.5) is 4.79 Å². The molecule has 2 aromatic rings. The van der Waals surface area contributed by atoms with Crippen LogP contribution >= 0.6 is 27.3 Å². The van der Waals surface area contributed by atoms with Gasteiger partial charge in [-0.05, 0) is 52.0 Å². The second kappa shape index (κ2) is 6.76. The smallest absolute Gasteiger partial charge is 0.325 e. The maximum absolute atomic E-state index is 13.1. The standard InChI is InChI=1S/C19H18BrN3O3S/c1-22(10-13-6-7-15(20)27-13)16(24)11-23-17(25)19(21-18(23)26)9-8-12-4-2-3-5-14(12)19/h2-7H,8-11H2,1H3,(H,21,26). The van der Waals surface area contributed by atoms with E-state index in [1.807, 2.05) is 36.4 Å². The molecule has 1 aromatic carbocycles. The number of hydrogen-bond donors (Lipinski definition) is 1. The van der Waals surface area contributed by atoms with Crippen molar-refractivity contribution in [3.63, 3.8) is 0 Å². The van der Waals surface area contributed by atoms with E-state index in [2.05, 4.69) is 21.2 Å². The first-order valence-corrected chi connectivity index (χ1v) is 10.2. The Morgan fingerprint density at radius 2 is 2.07 bits per heavy atom. The summed E-state index contributed by atoms with van der Waals surface area (Å²) in [7, 11) is 1.68. The van der Waals surface area contributed by atoms with Crippen molar-refractivity contribution in [3.8, 4) is 0 Å². The molecule has 8 heteroatoms. The zero-order chi connectivity index (χ0) is 19.2. The highest BCUT2D eigenvalue weighted by molar-refractivity contribution is 9.11. The number of benzene rings is 1. The van der Waals surface area contributed by atoms with Gasteiger partial charge in [0.25, 0.3) is 5.91 Å². The van der Waals surface area contributed by atoms with E-state index >= 15 is 0 Å². The van der Waals surface area contributed by atoms with Crippen molar-refractivity contribution in [1.29, 1.82) is 0 Å². The van der Waals surface area contributed by atoms with Crippen molar-refractivity contribution in [3.05, 3.63) is 56.2 Å². The number of imide groups is 1. The molecular weight excluding hydrogens is 430 g/mol. The second-order valence-corrected chi connectivity index (χ2v) is 9.39. The van der Waals surface area contributed by atoms with Gasteiger partial charge in [0.15, 0.2) is 0 Å². The Bertz CT molecular complexity index is 944. The van der Waals surface area contributed by atoms with Gasteiger partial charge in [0.1, 0.15) is 12.1 Å². The lowest BCUT2D eigenvalue weighted by Gasteiger charge is -2.23. The highest BCUT2D eigenvalue weighted by Crippen LogP contribution is 2.41. The Hall–Kier alpha value is -2.19. The fraction of sp³-hybridized carbons (Fsp3) is 0.316. The number of amides is 4. The van der Waals surface area contributed by atoms with Gasteiger partial charge in [0, 0.05) is 11.9 Å². The van der Waals surface area contributed by atoms with Crippen LogP contribution in [0.5, 0.6) is 0 Å². The topological polar surface area (TPSA) is 69.7 Å². The molecule has 6 nitrogen and oxygen atoms in total. The predicted octanol–water partition coefficient (Wildman–Crippen LogP) is 2.86. The molecule has 1 aliphatic heterocycles. The number of aryl methyl sites for hydroxylation is 1. The number of thiophene rings is 1. The van der Waals surface area contributed by atoms with Gasteiger partial charge in [-0.15, -0.1) is 11.3 Å². The van der Waals surface area contributed by atoms with E-state index < -0.39 is 11.6 Å². The Kier molecular flexibility index (Phi) is 4.55. The molecule has 27 heavy (non-hydrogen) atoms. The van der Waals surface area contributed by atoms with Gasteiger partial charge < -0.3 is 10.2 Å². The summed E-state index contributed by atoms with van der Waals surface area (Å²) < 4.78 is 0.995. The molecule has 1 aromatic heterocycles. The summed E-state index contributed by atoms with van der Waals surface area (Å²) in [5.74, 6) is -0.607. The van der Waals surface area contributed by atoms with Crippen LogP contribution in [-0.4, -0.2) is 41.2 Å². The number of nitrogens with one attached hydrogen (secondary N) is 1. The number of hydrogen-bond acceptors (Lipinski definition) is 4. The van der Waals surface area contributed by atoms with Crippen molar-refractivity contribution in [2.45, 2.75) is 24.9 Å². The molecule has 1 saturated heterocycles. The third kappa shape index (κ3) is 3.06. The van der Waals surface area contributed by atoms with Gasteiger partial charge in [0.2, 0.25) is 5.91 Å². The Balaban J connectivity index is 1.49. The third-order valence-corrected chi connectivity index (χ3v) is 6.77. The normalized spacial score (nSPS) is 20.9. The summed E-state index contributed by atoms with van der Waals surface area (Å²) in [5, 5.41) is 2.85. The molecule has 0 radical (unpaired) electrons. The molecule has 4 amide bonds. The zero-order valence-corrected chi connectivity index (χ0v) is 17.1. The zero-order valence-electron chi connectivity index (χ0n) is 14.7. The summed E-state index contributed by atoms with van der Waals surface area (Å²) in [6, 6.07) is 11.0. The molecule has 0 saturated carbocycles. The largest absolute Gasteiger partial charge is 0.339 e. The van der Waals surface area contributed by atoms with Crippen LogP contribution in [0.15, 0.2) is 40.2 Å². The van der Waals surface area contributed by atoms with E-state index in [9.17, 15) is 14.4 Å². The van der Waals surface area contributed by atoms with Crippen molar-refractivity contribution in [2.75, 3.05) is 13.6 Å². The fourth-order valence-corrected chi connectivity index (χ4v) is 5.28. The Morgan fingerprint density at radius 1 is 1.30 bits per heavy atom. The predicted molar refractivity (Wildman–Crippen MR) is 105 cm³/mol. The van der Waals surface area contributed by atoms with Crippen LogP contribution in [0.2, 0.25) is 0 Å². The van der Waals surface area contributed by atoms with Crippen LogP contribution in [0.25, 0.3) is 0 Å². The number of rotatable bonds is 4. The number of carbonyl (C=O) groups excluding carboxylic acids is 3. The van der Waals surface area contributed by atoms with Crippen LogP contribution in [-0.2, 0) is 28.1 Å². The average Bonchev–Trinajstić information content (AvgIpc) is 3.29. The molecule has 0 bridgehead atoms. The number of halogens is 1. The summed E-state index contributed by atoms with van der Waals surface area (Å²) in [4.78, 5) is 41.8. The first-order valence-electron chi connectivity index (χ1n) is 8.61. The van der Waals surface area contributed by atoms with E-state index in [-0.39, 0.29) is 18.4 Å². The molecule has 1 atom stereocenters. The number of nitrogens with zero attached hydrogens (tertiary/aromatic N) is 2. The summed E-state index contributed by atoms with van der Waals surface area (Å²) in [6.07, 6.45) is 1.26. The van der Waals surface area contributed by atoms with E-state index in [0.29, 0.717) is 13.0 Å². The SMILES string of the molecule is CN(Cc1ccc(Br)s1)C(=O)CN1C(=O)NC2(CCc3ccccc32)C1=O. The number of likely N-dealkylation sites (N-methyl/N-ethyl adjacent to an activating group) is 1. The van der Waals surface area contributed by atoms with Gasteiger partial charge in [-0.25, -0.2) is 4.79 Å². The van der Waals surface area contributed by atoms with Gasteiger partial charge >= 0.3 is 6.03 Å². The molecular formula is C19H18BrN3O3S. The van der Waals surface area contributed by atoms with Crippen molar-refractivity contribution < 1.29 is 14.4 Å². The summed E-state index contributed by atoms with van der Waals surface area (Å²) >= 11 is 4.95. The quantitative estimate of drug-likeness (QED) is 0.732. The minimum Gasteiger partial charge on any atom is -0.339 e. The van der Waals surface area contributed by atoms with Gasteiger partial charge in [-0.2, -0.15) is 0 Å². The lowest BCUT2D eigenvalue weighted by Crippen LogP contribution is -2.44. The number of carbonyl (C=O) groups is 3. The summed E-state index contributed by atoms with van der Waals surface area (Å²) in [5.41, 5.74) is 0.889. The number of urea groups is 1. The van der Waals surface area contributed by atoms with E-state index in [0.717, 1.165) is 31.1 Å². The van der Waals surface area contributed by atoms with E-state index in [1.54, 1.807) is 18.4 Å². The minimum atomic E-state index is -1.02. The number of fused-ring (bicyclic) bond motifs is 2. The van der Waals surface area contributed by atoms with Gasteiger partial charge in [-0.1, -0.05) is 24.3 Å². The molecule has 1 unspecified atom stereocenters. The Labute approximate surface area is 169 Å². The highest BCUT2D eigenvalue weighted by Gasteiger charge is 2.55. The highest BCUT2D eigenvalue weighted by atomic mass is 79.9. The molecule has 1 spiro atoms. The van der Waals surface area contributed by atoms with Crippen LogP contribution in [0.3, 0.4) is 0 Å². The molecule has 1 fully saturated rings. The molecule has 2 aliphatic rings. The van der Waals surface area contributed by atoms with Crippen LogP contribution < -0.4 is 5.32 Å². The lowest BCUT2D eigenvalue weighted by atomic mass is 9.92. The lowest BCUT2D eigenvalue weighted by molar-refractivity contribution is -0.138. The van der Waals surface area contributed by atoms with Crippen molar-refractivity contribution in [2.24, 2.45) is 0 Å². The summed E-state index contributed by atoms with van der Waals surface area (Å²) in [6.45, 7) is 0.185. The van der Waals surface area contributed by atoms with Gasteiger partial charge in [0.05, 0.1) is 10.3 Å².